The third-order valence-corrected chi connectivity index (χ3v) is 5.30. The summed E-state index contributed by atoms with van der Waals surface area (Å²) >= 11 is 0. The molecule has 4 heteroatoms. The molecule has 4 nitrogen and oxygen atoms in total. The Morgan fingerprint density at radius 1 is 0.846 bits per heavy atom. The lowest BCUT2D eigenvalue weighted by Gasteiger charge is -2.35. The van der Waals surface area contributed by atoms with Crippen molar-refractivity contribution in [3.63, 3.8) is 0 Å². The van der Waals surface area contributed by atoms with Gasteiger partial charge in [0.25, 0.3) is 5.91 Å². The molecule has 2 aromatic carbocycles. The van der Waals surface area contributed by atoms with Gasteiger partial charge in [0.1, 0.15) is 0 Å². The summed E-state index contributed by atoms with van der Waals surface area (Å²) < 4.78 is 0. The number of carbonyl (C=O) groups excluding carboxylic acids is 1. The number of anilines is 2. The summed E-state index contributed by atoms with van der Waals surface area (Å²) in [4.78, 5) is 19.5. The first-order valence-corrected chi connectivity index (χ1v) is 9.32. The standard InChI is InChI=1S/C22H25N3O/c1-23-13-15-24(16-14-23)21-10-6-5-7-18(21)17-19-11-12-25(22(19)26)20-8-3-2-4-9-20/h2-10,17H,11-16H2,1H3. The number of rotatable bonds is 3. The molecular weight excluding hydrogens is 322 g/mol. The van der Waals surface area contributed by atoms with Gasteiger partial charge >= 0.3 is 0 Å². The van der Waals surface area contributed by atoms with Gasteiger partial charge in [-0.05, 0) is 43.3 Å². The van der Waals surface area contributed by atoms with Gasteiger partial charge < -0.3 is 14.7 Å². The van der Waals surface area contributed by atoms with E-state index in [-0.39, 0.29) is 5.91 Å². The summed E-state index contributed by atoms with van der Waals surface area (Å²) in [6, 6.07) is 18.4. The quantitative estimate of drug-likeness (QED) is 0.798. The number of piperazine rings is 1. The van der Waals surface area contributed by atoms with Crippen molar-refractivity contribution >= 4 is 23.4 Å². The van der Waals surface area contributed by atoms with Crippen molar-refractivity contribution in [3.8, 4) is 0 Å². The number of nitrogens with zero attached hydrogens (tertiary/aromatic N) is 3. The van der Waals surface area contributed by atoms with Crippen molar-refractivity contribution in [1.82, 2.24) is 4.90 Å². The fraction of sp³-hybridized carbons (Fsp3) is 0.318. The minimum atomic E-state index is 0.129. The van der Waals surface area contributed by atoms with Crippen molar-refractivity contribution in [1.29, 1.82) is 0 Å². The van der Waals surface area contributed by atoms with Crippen LogP contribution in [0.3, 0.4) is 0 Å². The Bertz CT molecular complexity index is 807. The van der Waals surface area contributed by atoms with Gasteiger partial charge in [-0.3, -0.25) is 4.79 Å². The number of hydrogen-bond donors (Lipinski definition) is 0. The maximum absolute atomic E-state index is 12.9. The van der Waals surface area contributed by atoms with Crippen LogP contribution in [0.5, 0.6) is 0 Å². The maximum atomic E-state index is 12.9. The van der Waals surface area contributed by atoms with Crippen LogP contribution in [0.15, 0.2) is 60.2 Å². The molecule has 0 N–H and O–H groups in total. The lowest BCUT2D eigenvalue weighted by Crippen LogP contribution is -2.44. The molecular formula is C22H25N3O. The van der Waals surface area contributed by atoms with Crippen molar-refractivity contribution in [2.24, 2.45) is 0 Å². The molecule has 0 aromatic heterocycles. The number of carbonyl (C=O) groups is 1. The van der Waals surface area contributed by atoms with Crippen molar-refractivity contribution in [2.75, 3.05) is 49.6 Å². The minimum absolute atomic E-state index is 0.129. The highest BCUT2D eigenvalue weighted by molar-refractivity contribution is 6.11. The van der Waals surface area contributed by atoms with Gasteiger partial charge in [-0.25, -0.2) is 0 Å². The second kappa shape index (κ2) is 7.34. The molecule has 4 rings (SSSR count). The van der Waals surface area contributed by atoms with E-state index >= 15 is 0 Å². The van der Waals surface area contributed by atoms with E-state index in [4.69, 9.17) is 0 Å². The van der Waals surface area contributed by atoms with Crippen LogP contribution in [0.1, 0.15) is 12.0 Å². The monoisotopic (exact) mass is 347 g/mol. The van der Waals surface area contributed by atoms with Gasteiger partial charge in [-0.2, -0.15) is 0 Å². The molecule has 0 radical (unpaired) electrons. The third-order valence-electron chi connectivity index (χ3n) is 5.30. The van der Waals surface area contributed by atoms with E-state index in [0.717, 1.165) is 56.0 Å². The van der Waals surface area contributed by atoms with Crippen LogP contribution in [0.4, 0.5) is 11.4 Å². The molecule has 2 heterocycles. The highest BCUT2D eigenvalue weighted by Crippen LogP contribution is 2.29. The average molecular weight is 347 g/mol. The predicted octanol–water partition coefficient (Wildman–Crippen LogP) is 3.26. The van der Waals surface area contributed by atoms with Crippen LogP contribution < -0.4 is 9.80 Å². The number of likely N-dealkylation sites (N-methyl/N-ethyl adjacent to an activating group) is 1. The zero-order valence-corrected chi connectivity index (χ0v) is 15.3. The highest BCUT2D eigenvalue weighted by Gasteiger charge is 2.27. The Morgan fingerprint density at radius 3 is 2.31 bits per heavy atom. The Labute approximate surface area is 155 Å². The van der Waals surface area contributed by atoms with Gasteiger partial charge in [-0.1, -0.05) is 36.4 Å². The molecule has 0 spiro atoms. The van der Waals surface area contributed by atoms with Crippen LogP contribution in [-0.4, -0.2) is 50.6 Å². The largest absolute Gasteiger partial charge is 0.368 e. The molecule has 134 valence electrons. The fourth-order valence-electron chi connectivity index (χ4n) is 3.73. The lowest BCUT2D eigenvalue weighted by molar-refractivity contribution is -0.114. The second-order valence-corrected chi connectivity index (χ2v) is 7.06. The van der Waals surface area contributed by atoms with Gasteiger partial charge in [0.15, 0.2) is 0 Å². The van der Waals surface area contributed by atoms with Crippen LogP contribution in [0, 0.1) is 0 Å². The topological polar surface area (TPSA) is 26.8 Å². The summed E-state index contributed by atoms with van der Waals surface area (Å²) in [5.41, 5.74) is 4.26. The minimum Gasteiger partial charge on any atom is -0.368 e. The molecule has 26 heavy (non-hydrogen) atoms. The Morgan fingerprint density at radius 2 is 1.54 bits per heavy atom. The zero-order valence-electron chi connectivity index (χ0n) is 15.3. The first kappa shape index (κ1) is 16.9. The molecule has 0 saturated carbocycles. The maximum Gasteiger partial charge on any atom is 0.254 e. The van der Waals surface area contributed by atoms with Crippen molar-refractivity contribution in [3.05, 3.63) is 65.7 Å². The average Bonchev–Trinajstić information content (AvgIpc) is 3.04. The lowest BCUT2D eigenvalue weighted by atomic mass is 10.1. The first-order valence-electron chi connectivity index (χ1n) is 9.32. The van der Waals surface area contributed by atoms with Crippen LogP contribution >= 0.6 is 0 Å². The second-order valence-electron chi connectivity index (χ2n) is 7.06. The smallest absolute Gasteiger partial charge is 0.254 e. The fourth-order valence-corrected chi connectivity index (χ4v) is 3.73. The van der Waals surface area contributed by atoms with Crippen LogP contribution in [-0.2, 0) is 4.79 Å². The Kier molecular flexibility index (Phi) is 4.76. The highest BCUT2D eigenvalue weighted by atomic mass is 16.2. The molecule has 1 amide bonds. The molecule has 2 aromatic rings. The summed E-state index contributed by atoms with van der Waals surface area (Å²) in [6.07, 6.45) is 2.89. The van der Waals surface area contributed by atoms with E-state index in [0.29, 0.717) is 0 Å². The molecule has 0 atom stereocenters. The Balaban J connectivity index is 1.58. The van der Waals surface area contributed by atoms with Gasteiger partial charge in [0.2, 0.25) is 0 Å². The number of benzene rings is 2. The number of amides is 1. The van der Waals surface area contributed by atoms with Crippen LogP contribution in [0.2, 0.25) is 0 Å². The van der Waals surface area contributed by atoms with E-state index in [9.17, 15) is 4.79 Å². The molecule has 0 unspecified atom stereocenters. The van der Waals surface area contributed by atoms with Gasteiger partial charge in [-0.15, -0.1) is 0 Å². The summed E-state index contributed by atoms with van der Waals surface area (Å²) in [6.45, 7) is 4.96. The van der Waals surface area contributed by atoms with E-state index < -0.39 is 0 Å². The van der Waals surface area contributed by atoms with Crippen molar-refractivity contribution in [2.45, 2.75) is 6.42 Å². The molecule has 2 aliphatic rings. The summed E-state index contributed by atoms with van der Waals surface area (Å²) in [7, 11) is 2.17. The SMILES string of the molecule is CN1CCN(c2ccccc2C=C2CCN(c3ccccc3)C2=O)CC1. The first-order chi connectivity index (χ1) is 12.7. The van der Waals surface area contributed by atoms with Gasteiger partial charge in [0, 0.05) is 49.7 Å². The molecule has 0 aliphatic carbocycles. The van der Waals surface area contributed by atoms with Crippen molar-refractivity contribution < 1.29 is 4.79 Å². The zero-order chi connectivity index (χ0) is 17.9. The van der Waals surface area contributed by atoms with Gasteiger partial charge in [0.05, 0.1) is 0 Å². The van der Waals surface area contributed by atoms with E-state index in [1.807, 2.05) is 35.2 Å². The van der Waals surface area contributed by atoms with Crippen LogP contribution in [0.25, 0.3) is 6.08 Å². The number of para-hydroxylation sites is 2. The van der Waals surface area contributed by atoms with E-state index in [1.165, 1.54) is 5.69 Å². The number of hydrogen-bond acceptors (Lipinski definition) is 3. The third kappa shape index (κ3) is 3.37. The normalized spacial score (nSPS) is 20.2. The molecule has 2 saturated heterocycles. The van der Waals surface area contributed by atoms with E-state index in [1.54, 1.807) is 0 Å². The molecule has 2 aliphatic heterocycles. The predicted molar refractivity (Wildman–Crippen MR) is 108 cm³/mol. The summed E-state index contributed by atoms with van der Waals surface area (Å²) in [5, 5.41) is 0. The molecule has 2 fully saturated rings. The molecule has 0 bridgehead atoms. The van der Waals surface area contributed by atoms with E-state index in [2.05, 4.69) is 47.2 Å². The Hall–Kier alpha value is -2.59. The summed E-state index contributed by atoms with van der Waals surface area (Å²) in [5.74, 6) is 0.129.